The highest BCUT2D eigenvalue weighted by molar-refractivity contribution is 5.44. The van der Waals surface area contributed by atoms with Crippen molar-refractivity contribution in [1.29, 1.82) is 0 Å². The van der Waals surface area contributed by atoms with Gasteiger partial charge in [0.2, 0.25) is 0 Å². The minimum Gasteiger partial charge on any atom is -0.387 e. The summed E-state index contributed by atoms with van der Waals surface area (Å²) in [5, 5.41) is 9.83. The van der Waals surface area contributed by atoms with Crippen LogP contribution in [0.3, 0.4) is 0 Å². The van der Waals surface area contributed by atoms with Gasteiger partial charge in [0.25, 0.3) is 0 Å². The summed E-state index contributed by atoms with van der Waals surface area (Å²) in [6.45, 7) is 13.2. The van der Waals surface area contributed by atoms with Crippen LogP contribution in [0.15, 0.2) is 18.3 Å². The normalized spacial score (nSPS) is 13.0. The number of aliphatic hydroxyl groups excluding tert-OH is 1. The molecule has 0 saturated carbocycles. The quantitative estimate of drug-likeness (QED) is 0.731. The fraction of sp³-hybridized carbons (Fsp3) is 0.722. The van der Waals surface area contributed by atoms with Crippen LogP contribution >= 0.6 is 0 Å². The van der Waals surface area contributed by atoms with Crippen LogP contribution in [0.1, 0.15) is 65.7 Å². The number of nitrogens with zero attached hydrogens (tertiary/aromatic N) is 2. The van der Waals surface area contributed by atoms with Gasteiger partial charge in [0.15, 0.2) is 0 Å². The highest BCUT2D eigenvalue weighted by Gasteiger charge is 2.11. The number of aromatic nitrogens is 1. The third-order valence-corrected chi connectivity index (χ3v) is 3.82. The summed E-state index contributed by atoms with van der Waals surface area (Å²) < 4.78 is 0. The fourth-order valence-electron chi connectivity index (χ4n) is 2.19. The summed E-state index contributed by atoms with van der Waals surface area (Å²) in [6, 6.07) is 4.06. The Hall–Kier alpha value is -1.09. The van der Waals surface area contributed by atoms with Crippen LogP contribution in [0.25, 0.3) is 0 Å². The number of aliphatic hydroxyl groups is 1. The first-order chi connectivity index (χ1) is 9.93. The predicted molar refractivity (Wildman–Crippen MR) is 90.6 cm³/mol. The van der Waals surface area contributed by atoms with Gasteiger partial charge in [0.1, 0.15) is 0 Å². The van der Waals surface area contributed by atoms with Gasteiger partial charge in [-0.15, -0.1) is 0 Å². The van der Waals surface area contributed by atoms with Crippen molar-refractivity contribution < 1.29 is 5.11 Å². The lowest BCUT2D eigenvalue weighted by atomic mass is 10.1. The smallest absolute Gasteiger partial charge is 0.0957 e. The fourth-order valence-corrected chi connectivity index (χ4v) is 2.19. The summed E-state index contributed by atoms with van der Waals surface area (Å²) in [6.07, 6.45) is 4.55. The molecule has 0 aromatic carbocycles. The Kier molecular flexibility index (Phi) is 7.73. The van der Waals surface area contributed by atoms with Gasteiger partial charge in [-0.25, -0.2) is 0 Å². The molecule has 3 nitrogen and oxygen atoms in total. The Morgan fingerprint density at radius 3 is 2.00 bits per heavy atom. The Morgan fingerprint density at radius 1 is 1.05 bits per heavy atom. The molecule has 3 heteroatoms. The van der Waals surface area contributed by atoms with Gasteiger partial charge in [0, 0.05) is 13.1 Å². The standard InChI is InChI=1S/C18H32N2O/c1-6-18(21)17-8-7-16(13-19-17)20(11-9-14(2)3)12-10-15(4)5/h7-8,13-15,18,21H,6,9-12H2,1-5H3/t18-/m1/s1. The maximum absolute atomic E-state index is 9.83. The third kappa shape index (κ3) is 6.47. The van der Waals surface area contributed by atoms with Crippen molar-refractivity contribution in [2.24, 2.45) is 11.8 Å². The van der Waals surface area contributed by atoms with Gasteiger partial charge >= 0.3 is 0 Å². The third-order valence-electron chi connectivity index (χ3n) is 3.82. The molecule has 0 aliphatic rings. The SMILES string of the molecule is CC[C@@H](O)c1ccc(N(CCC(C)C)CCC(C)C)cn1. The lowest BCUT2D eigenvalue weighted by Gasteiger charge is -2.26. The van der Waals surface area contributed by atoms with Crippen molar-refractivity contribution in [3.05, 3.63) is 24.0 Å². The summed E-state index contributed by atoms with van der Waals surface area (Å²) in [7, 11) is 0. The van der Waals surface area contributed by atoms with E-state index < -0.39 is 6.10 Å². The van der Waals surface area contributed by atoms with Crippen LogP contribution < -0.4 is 4.90 Å². The molecular weight excluding hydrogens is 260 g/mol. The molecule has 0 spiro atoms. The summed E-state index contributed by atoms with van der Waals surface area (Å²) in [5.74, 6) is 1.42. The van der Waals surface area contributed by atoms with E-state index in [2.05, 4.69) is 43.6 Å². The first kappa shape index (κ1) is 18.0. The van der Waals surface area contributed by atoms with E-state index in [1.54, 1.807) is 0 Å². The van der Waals surface area contributed by atoms with E-state index in [4.69, 9.17) is 0 Å². The van der Waals surface area contributed by atoms with Gasteiger partial charge in [0.05, 0.1) is 23.7 Å². The molecule has 1 rings (SSSR count). The van der Waals surface area contributed by atoms with Crippen molar-refractivity contribution in [2.75, 3.05) is 18.0 Å². The molecular formula is C18H32N2O. The number of anilines is 1. The maximum Gasteiger partial charge on any atom is 0.0957 e. The van der Waals surface area contributed by atoms with Crippen LogP contribution in [0.4, 0.5) is 5.69 Å². The second kappa shape index (κ2) is 9.04. The van der Waals surface area contributed by atoms with Gasteiger partial charge in [-0.2, -0.15) is 0 Å². The second-order valence-electron chi connectivity index (χ2n) is 6.72. The summed E-state index contributed by atoms with van der Waals surface area (Å²) in [5.41, 5.74) is 1.94. The minimum absolute atomic E-state index is 0.446. The second-order valence-corrected chi connectivity index (χ2v) is 6.72. The van der Waals surface area contributed by atoms with E-state index in [-0.39, 0.29) is 0 Å². The number of hydrogen-bond donors (Lipinski definition) is 1. The van der Waals surface area contributed by atoms with Gasteiger partial charge < -0.3 is 10.0 Å². The zero-order valence-electron chi connectivity index (χ0n) is 14.3. The number of rotatable bonds is 9. The molecule has 120 valence electrons. The lowest BCUT2D eigenvalue weighted by Crippen LogP contribution is -2.27. The van der Waals surface area contributed by atoms with Crippen LogP contribution in [0, 0.1) is 11.8 Å². The molecule has 1 heterocycles. The summed E-state index contributed by atoms with van der Waals surface area (Å²) in [4.78, 5) is 6.86. The van der Waals surface area contributed by atoms with Crippen molar-refractivity contribution in [2.45, 2.75) is 60.0 Å². The molecule has 0 bridgehead atoms. The molecule has 1 aromatic heterocycles. The number of pyridine rings is 1. The molecule has 0 radical (unpaired) electrons. The minimum atomic E-state index is -0.446. The van der Waals surface area contributed by atoms with Crippen molar-refractivity contribution in [1.82, 2.24) is 4.98 Å². The predicted octanol–water partition coefficient (Wildman–Crippen LogP) is 4.42. The molecule has 1 atom stereocenters. The zero-order chi connectivity index (χ0) is 15.8. The number of hydrogen-bond acceptors (Lipinski definition) is 3. The molecule has 21 heavy (non-hydrogen) atoms. The first-order valence-corrected chi connectivity index (χ1v) is 8.33. The van der Waals surface area contributed by atoms with Crippen LogP contribution in [-0.4, -0.2) is 23.2 Å². The van der Waals surface area contributed by atoms with E-state index >= 15 is 0 Å². The Balaban J connectivity index is 2.75. The van der Waals surface area contributed by atoms with Gasteiger partial charge in [-0.3, -0.25) is 4.98 Å². The Labute approximate surface area is 130 Å². The van der Waals surface area contributed by atoms with Crippen molar-refractivity contribution in [3.63, 3.8) is 0 Å². The maximum atomic E-state index is 9.83. The van der Waals surface area contributed by atoms with E-state index in [0.717, 1.165) is 18.8 Å². The Morgan fingerprint density at radius 2 is 1.62 bits per heavy atom. The summed E-state index contributed by atoms with van der Waals surface area (Å²) >= 11 is 0. The average Bonchev–Trinajstić information content (AvgIpc) is 2.46. The molecule has 0 aliphatic heterocycles. The molecule has 0 aliphatic carbocycles. The first-order valence-electron chi connectivity index (χ1n) is 8.33. The van der Waals surface area contributed by atoms with E-state index in [0.29, 0.717) is 18.3 Å². The monoisotopic (exact) mass is 292 g/mol. The average molecular weight is 292 g/mol. The van der Waals surface area contributed by atoms with Crippen molar-refractivity contribution in [3.8, 4) is 0 Å². The highest BCUT2D eigenvalue weighted by atomic mass is 16.3. The van der Waals surface area contributed by atoms with E-state index in [1.807, 2.05) is 19.2 Å². The molecule has 1 aromatic rings. The lowest BCUT2D eigenvalue weighted by molar-refractivity contribution is 0.169. The highest BCUT2D eigenvalue weighted by Crippen LogP contribution is 2.20. The van der Waals surface area contributed by atoms with E-state index in [9.17, 15) is 5.11 Å². The van der Waals surface area contributed by atoms with Gasteiger partial charge in [-0.05, 0) is 43.2 Å². The van der Waals surface area contributed by atoms with Gasteiger partial charge in [-0.1, -0.05) is 34.6 Å². The molecule has 1 N–H and O–H groups in total. The largest absolute Gasteiger partial charge is 0.387 e. The van der Waals surface area contributed by atoms with Crippen LogP contribution in [-0.2, 0) is 0 Å². The van der Waals surface area contributed by atoms with E-state index in [1.165, 1.54) is 18.5 Å². The molecule has 0 amide bonds. The van der Waals surface area contributed by atoms with Crippen molar-refractivity contribution >= 4 is 5.69 Å². The molecule has 0 fully saturated rings. The Bertz CT molecular complexity index is 375. The molecule has 0 saturated heterocycles. The van der Waals surface area contributed by atoms with Crippen LogP contribution in [0.5, 0.6) is 0 Å². The molecule has 0 unspecified atom stereocenters. The zero-order valence-corrected chi connectivity index (χ0v) is 14.3. The topological polar surface area (TPSA) is 36.4 Å². The van der Waals surface area contributed by atoms with Crippen LogP contribution in [0.2, 0.25) is 0 Å².